The number of para-hydroxylation sites is 2. The topological polar surface area (TPSA) is 126 Å². The second-order valence-corrected chi connectivity index (χ2v) is 12.0. The molecule has 0 aliphatic carbocycles. The number of benzene rings is 2. The molecule has 0 amide bonds. The van der Waals surface area contributed by atoms with Crippen LogP contribution in [0.5, 0.6) is 11.5 Å². The van der Waals surface area contributed by atoms with E-state index in [0.29, 0.717) is 22.8 Å². The number of nitrogens with zero attached hydrogens (tertiary/aromatic N) is 4. The molecule has 0 unspecified atom stereocenters. The van der Waals surface area contributed by atoms with Crippen molar-refractivity contribution in [1.29, 1.82) is 0 Å². The largest absolute Gasteiger partial charge is 0.478 e. The minimum absolute atomic E-state index is 0.0807. The van der Waals surface area contributed by atoms with Gasteiger partial charge in [0.25, 0.3) is 0 Å². The van der Waals surface area contributed by atoms with E-state index in [0.717, 1.165) is 47.0 Å². The van der Waals surface area contributed by atoms with Crippen molar-refractivity contribution in [1.82, 2.24) is 15.0 Å². The number of hydrogen-bond donors (Lipinski definition) is 2. The summed E-state index contributed by atoms with van der Waals surface area (Å²) in [5.74, 6) is -0.631. The number of fused-ring (bicyclic) bond motifs is 2. The summed E-state index contributed by atoms with van der Waals surface area (Å²) in [6, 6.07) is 23.6. The minimum Gasteiger partial charge on any atom is -0.478 e. The molecule has 0 saturated heterocycles. The maximum atomic E-state index is 11.7. The second kappa shape index (κ2) is 14.9. The molecule has 0 saturated carbocycles. The highest BCUT2D eigenvalue weighted by atomic mass is 16.5. The summed E-state index contributed by atoms with van der Waals surface area (Å²) in [6.07, 6.45) is 12.8. The number of carboxylic acid groups (broad SMARTS) is 2. The molecule has 5 aromatic rings. The molecule has 0 spiro atoms. The molecule has 0 bridgehead atoms. The summed E-state index contributed by atoms with van der Waals surface area (Å²) in [5, 5.41) is 19.2. The van der Waals surface area contributed by atoms with E-state index in [1.165, 1.54) is 81.6 Å². The van der Waals surface area contributed by atoms with E-state index in [9.17, 15) is 19.8 Å². The molecule has 1 aliphatic rings. The van der Waals surface area contributed by atoms with Gasteiger partial charge in [-0.1, -0.05) is 70.1 Å². The van der Waals surface area contributed by atoms with Gasteiger partial charge in [-0.3, -0.25) is 9.97 Å². The molecule has 2 N–H and O–H groups in total. The lowest BCUT2D eigenvalue weighted by atomic mass is 10.00. The minimum atomic E-state index is -1.07. The Morgan fingerprint density at radius 2 is 1.21 bits per heavy atom. The van der Waals surface area contributed by atoms with E-state index in [1.54, 1.807) is 0 Å². The summed E-state index contributed by atoms with van der Waals surface area (Å²) in [7, 11) is 0. The van der Waals surface area contributed by atoms with Crippen molar-refractivity contribution in [2.45, 2.75) is 58.3 Å². The van der Waals surface area contributed by atoms with Crippen LogP contribution in [0, 0.1) is 0 Å². The van der Waals surface area contributed by atoms with E-state index in [2.05, 4.69) is 33.9 Å². The van der Waals surface area contributed by atoms with Crippen LogP contribution in [0.4, 0.5) is 11.4 Å². The van der Waals surface area contributed by atoms with Crippen molar-refractivity contribution in [3.8, 4) is 45.4 Å². The van der Waals surface area contributed by atoms with Crippen molar-refractivity contribution in [2.24, 2.45) is 0 Å². The first-order chi connectivity index (χ1) is 23.4. The third-order valence-electron chi connectivity index (χ3n) is 8.56. The van der Waals surface area contributed by atoms with E-state index in [4.69, 9.17) is 9.72 Å². The van der Waals surface area contributed by atoms with Gasteiger partial charge in [0.05, 0.1) is 45.3 Å². The number of aromatic nitrogens is 3. The van der Waals surface area contributed by atoms with E-state index < -0.39 is 11.9 Å². The van der Waals surface area contributed by atoms with E-state index in [-0.39, 0.29) is 11.1 Å². The molecule has 9 nitrogen and oxygen atoms in total. The van der Waals surface area contributed by atoms with Gasteiger partial charge >= 0.3 is 11.9 Å². The van der Waals surface area contributed by atoms with Gasteiger partial charge in [-0.2, -0.15) is 0 Å². The van der Waals surface area contributed by atoms with Gasteiger partial charge in [0.15, 0.2) is 11.5 Å². The zero-order chi connectivity index (χ0) is 33.5. The highest BCUT2D eigenvalue weighted by Gasteiger charge is 2.25. The van der Waals surface area contributed by atoms with Gasteiger partial charge in [-0.05, 0) is 78.2 Å². The van der Waals surface area contributed by atoms with Crippen molar-refractivity contribution >= 4 is 23.3 Å². The number of aromatic carboxylic acids is 2. The third-order valence-corrected chi connectivity index (χ3v) is 8.56. The lowest BCUT2D eigenvalue weighted by Crippen LogP contribution is -2.22. The fraction of sp³-hybridized carbons (Fsp3) is 0.256. The first kappa shape index (κ1) is 32.4. The van der Waals surface area contributed by atoms with Crippen LogP contribution in [0.2, 0.25) is 0 Å². The zero-order valence-corrected chi connectivity index (χ0v) is 26.9. The van der Waals surface area contributed by atoms with Crippen molar-refractivity contribution in [2.75, 3.05) is 11.4 Å². The number of carbonyl (C=O) groups is 2. The molecule has 0 fully saturated rings. The summed E-state index contributed by atoms with van der Waals surface area (Å²) >= 11 is 0. The first-order valence-corrected chi connectivity index (χ1v) is 16.5. The molecular formula is C39H38N4O5. The standard InChI is InChI=1S/C39H38N4O5/c1-2-3-4-5-6-7-8-11-20-43-34-12-9-10-13-36(34)48-37-25-26(14-15-35(37)43)29-23-32(30-21-27(38(44)45)16-18-40-30)42-33(24-29)31-22-28(39(46)47)17-19-41-31/h9-10,12-19,21-25H,2-8,11,20H2,1H3,(H,44,45)(H,46,47). The van der Waals surface area contributed by atoms with Gasteiger partial charge in [-0.15, -0.1) is 0 Å². The monoisotopic (exact) mass is 642 g/mol. The summed E-state index contributed by atoms with van der Waals surface area (Å²) in [4.78, 5) is 39.3. The molecule has 244 valence electrons. The fourth-order valence-corrected chi connectivity index (χ4v) is 6.02. The summed E-state index contributed by atoms with van der Waals surface area (Å²) in [6.45, 7) is 3.12. The van der Waals surface area contributed by atoms with Gasteiger partial charge in [0.1, 0.15) is 0 Å². The average Bonchev–Trinajstić information content (AvgIpc) is 3.12. The van der Waals surface area contributed by atoms with Crippen molar-refractivity contribution in [3.05, 3.63) is 102 Å². The number of carboxylic acids is 2. The Balaban J connectivity index is 1.35. The molecule has 4 heterocycles. The van der Waals surface area contributed by atoms with Crippen LogP contribution in [0.15, 0.2) is 91.3 Å². The first-order valence-electron chi connectivity index (χ1n) is 16.5. The van der Waals surface area contributed by atoms with Gasteiger partial charge < -0.3 is 19.8 Å². The second-order valence-electron chi connectivity index (χ2n) is 12.0. The van der Waals surface area contributed by atoms with Gasteiger partial charge in [-0.25, -0.2) is 14.6 Å². The molecule has 6 rings (SSSR count). The third kappa shape index (κ3) is 7.36. The molecule has 2 aromatic carbocycles. The van der Waals surface area contributed by atoms with E-state index in [1.807, 2.05) is 42.5 Å². The maximum absolute atomic E-state index is 11.7. The Kier molecular flexibility index (Phi) is 10.0. The number of unbranched alkanes of at least 4 members (excludes halogenated alkanes) is 7. The Morgan fingerprint density at radius 1 is 0.625 bits per heavy atom. The maximum Gasteiger partial charge on any atom is 0.335 e. The SMILES string of the molecule is CCCCCCCCCCN1c2ccccc2Oc2cc(-c3cc(-c4cc(C(=O)O)ccn4)nc(-c4cc(C(=O)O)ccn4)c3)ccc21. The zero-order valence-electron chi connectivity index (χ0n) is 26.9. The Labute approximate surface area is 279 Å². The number of rotatable bonds is 14. The number of anilines is 2. The smallest absolute Gasteiger partial charge is 0.335 e. The Morgan fingerprint density at radius 3 is 1.83 bits per heavy atom. The Bertz CT molecular complexity index is 1870. The van der Waals surface area contributed by atoms with Crippen LogP contribution in [0.25, 0.3) is 33.9 Å². The van der Waals surface area contributed by atoms with Crippen LogP contribution < -0.4 is 9.64 Å². The van der Waals surface area contributed by atoms with Gasteiger partial charge in [0.2, 0.25) is 0 Å². The van der Waals surface area contributed by atoms with Crippen LogP contribution in [0.3, 0.4) is 0 Å². The predicted molar refractivity (Wildman–Crippen MR) is 186 cm³/mol. The molecule has 0 radical (unpaired) electrons. The molecule has 3 aromatic heterocycles. The molecule has 1 aliphatic heterocycles. The molecule has 48 heavy (non-hydrogen) atoms. The normalized spacial score (nSPS) is 11.8. The summed E-state index contributed by atoms with van der Waals surface area (Å²) < 4.78 is 6.45. The van der Waals surface area contributed by atoms with Crippen LogP contribution in [0.1, 0.15) is 79.0 Å². The predicted octanol–water partition coefficient (Wildman–Crippen LogP) is 9.65. The van der Waals surface area contributed by atoms with Gasteiger partial charge in [0, 0.05) is 18.9 Å². The lowest BCUT2D eigenvalue weighted by Gasteiger charge is -2.33. The summed E-state index contributed by atoms with van der Waals surface area (Å²) in [5.41, 5.74) is 5.38. The van der Waals surface area contributed by atoms with Crippen LogP contribution in [-0.2, 0) is 0 Å². The van der Waals surface area contributed by atoms with Crippen molar-refractivity contribution in [3.63, 3.8) is 0 Å². The van der Waals surface area contributed by atoms with Crippen molar-refractivity contribution < 1.29 is 24.5 Å². The van der Waals surface area contributed by atoms with E-state index >= 15 is 0 Å². The lowest BCUT2D eigenvalue weighted by molar-refractivity contribution is 0.0686. The molecule has 0 atom stereocenters. The number of hydrogen-bond acceptors (Lipinski definition) is 7. The number of pyridine rings is 3. The van der Waals surface area contributed by atoms with Crippen LogP contribution >= 0.6 is 0 Å². The highest BCUT2D eigenvalue weighted by Crippen LogP contribution is 2.48. The fourth-order valence-electron chi connectivity index (χ4n) is 6.02. The van der Waals surface area contributed by atoms with Crippen LogP contribution in [-0.4, -0.2) is 43.6 Å². The molecule has 9 heteroatoms. The quantitative estimate of drug-likeness (QED) is 0.114. The molecular weight excluding hydrogens is 604 g/mol. The highest BCUT2D eigenvalue weighted by molar-refractivity contribution is 5.90. The average molecular weight is 643 g/mol. The Hall–Kier alpha value is -5.57. The number of ether oxygens (including phenoxy) is 1.